The third-order valence-corrected chi connectivity index (χ3v) is 6.94. The first-order valence-corrected chi connectivity index (χ1v) is 9.57. The minimum absolute atomic E-state index is 0.471. The molecule has 1 saturated heterocycles. The molecule has 122 valence electrons. The molecule has 0 aromatic carbocycles. The van der Waals surface area contributed by atoms with Gasteiger partial charge in [0.2, 0.25) is 0 Å². The molecule has 2 nitrogen and oxygen atoms in total. The normalized spacial score (nSPS) is 32.3. The topological polar surface area (TPSA) is 15.3 Å². The number of rotatable bonds is 4. The molecule has 1 unspecified atom stereocenters. The second-order valence-electron chi connectivity index (χ2n) is 8.65. The van der Waals surface area contributed by atoms with Crippen LogP contribution in [0.5, 0.6) is 0 Å². The molecule has 3 rings (SSSR count). The molecule has 2 heteroatoms. The van der Waals surface area contributed by atoms with E-state index in [1.54, 1.807) is 0 Å². The van der Waals surface area contributed by atoms with Gasteiger partial charge in [-0.3, -0.25) is 4.90 Å². The lowest BCUT2D eigenvalue weighted by Crippen LogP contribution is -2.65. The van der Waals surface area contributed by atoms with Gasteiger partial charge >= 0.3 is 0 Å². The van der Waals surface area contributed by atoms with E-state index in [2.05, 4.69) is 31.0 Å². The summed E-state index contributed by atoms with van der Waals surface area (Å²) >= 11 is 0. The maximum atomic E-state index is 3.97. The predicted molar refractivity (Wildman–Crippen MR) is 90.6 cm³/mol. The first-order chi connectivity index (χ1) is 10.1. The predicted octanol–water partition coefficient (Wildman–Crippen LogP) is 4.20. The van der Waals surface area contributed by atoms with Gasteiger partial charge in [-0.2, -0.15) is 0 Å². The van der Waals surface area contributed by atoms with Gasteiger partial charge in [-0.05, 0) is 43.4 Å². The van der Waals surface area contributed by atoms with Crippen LogP contribution in [0.4, 0.5) is 0 Å². The second-order valence-corrected chi connectivity index (χ2v) is 8.65. The Hall–Kier alpha value is -0.0800. The van der Waals surface area contributed by atoms with E-state index in [-0.39, 0.29) is 0 Å². The average Bonchev–Trinajstić information content (AvgIpc) is 3.09. The van der Waals surface area contributed by atoms with Crippen molar-refractivity contribution in [1.82, 2.24) is 10.2 Å². The van der Waals surface area contributed by atoms with E-state index in [9.17, 15) is 0 Å². The number of hydrogen-bond donors (Lipinski definition) is 1. The summed E-state index contributed by atoms with van der Waals surface area (Å²) in [4.78, 5) is 2.92. The smallest absolute Gasteiger partial charge is 0.0309 e. The highest BCUT2D eigenvalue weighted by atomic mass is 15.3. The summed E-state index contributed by atoms with van der Waals surface area (Å²) in [6, 6.07) is 0.750. The lowest BCUT2D eigenvalue weighted by molar-refractivity contribution is 0.0197. The SMILES string of the molecule is CCC1(CN2CC3(CCCC3)NCC2C(C)C)CCCC1. The first-order valence-electron chi connectivity index (χ1n) is 9.57. The van der Waals surface area contributed by atoms with Crippen molar-refractivity contribution in [2.45, 2.75) is 90.1 Å². The molecule has 3 fully saturated rings. The van der Waals surface area contributed by atoms with Crippen molar-refractivity contribution in [1.29, 1.82) is 0 Å². The third-order valence-electron chi connectivity index (χ3n) is 6.94. The van der Waals surface area contributed by atoms with Crippen LogP contribution in [-0.2, 0) is 0 Å². The molecule has 1 spiro atoms. The molecule has 0 aromatic heterocycles. The minimum Gasteiger partial charge on any atom is -0.308 e. The monoisotopic (exact) mass is 292 g/mol. The molecule has 2 aliphatic carbocycles. The molecule has 0 bridgehead atoms. The quantitative estimate of drug-likeness (QED) is 0.835. The lowest BCUT2D eigenvalue weighted by atomic mass is 9.80. The zero-order valence-corrected chi connectivity index (χ0v) is 14.6. The number of nitrogens with one attached hydrogen (secondary N) is 1. The number of hydrogen-bond acceptors (Lipinski definition) is 2. The fourth-order valence-corrected chi connectivity index (χ4v) is 5.41. The van der Waals surface area contributed by atoms with Gasteiger partial charge in [-0.1, -0.05) is 46.5 Å². The van der Waals surface area contributed by atoms with Crippen LogP contribution < -0.4 is 5.32 Å². The van der Waals surface area contributed by atoms with Gasteiger partial charge < -0.3 is 5.32 Å². The Kier molecular flexibility index (Phi) is 4.66. The molecule has 0 aromatic rings. The highest BCUT2D eigenvalue weighted by molar-refractivity contribution is 5.03. The molecule has 1 aliphatic heterocycles. The summed E-state index contributed by atoms with van der Waals surface area (Å²) in [5, 5.41) is 3.97. The Labute approximate surface area is 132 Å². The molecule has 1 atom stereocenters. The van der Waals surface area contributed by atoms with Crippen LogP contribution in [0.2, 0.25) is 0 Å². The first kappa shape index (κ1) is 15.8. The van der Waals surface area contributed by atoms with Crippen LogP contribution >= 0.6 is 0 Å². The van der Waals surface area contributed by atoms with E-state index < -0.39 is 0 Å². The highest BCUT2D eigenvalue weighted by Gasteiger charge is 2.44. The maximum Gasteiger partial charge on any atom is 0.0309 e. The van der Waals surface area contributed by atoms with E-state index in [1.807, 2.05) is 0 Å². The largest absolute Gasteiger partial charge is 0.308 e. The minimum atomic E-state index is 0.471. The van der Waals surface area contributed by atoms with Gasteiger partial charge in [-0.25, -0.2) is 0 Å². The molecule has 21 heavy (non-hydrogen) atoms. The fourth-order valence-electron chi connectivity index (χ4n) is 5.41. The Morgan fingerprint density at radius 2 is 1.67 bits per heavy atom. The molecule has 1 heterocycles. The average molecular weight is 293 g/mol. The summed E-state index contributed by atoms with van der Waals surface area (Å²) in [5.74, 6) is 0.770. The molecule has 2 saturated carbocycles. The van der Waals surface area contributed by atoms with Gasteiger partial charge in [-0.15, -0.1) is 0 Å². The van der Waals surface area contributed by atoms with Crippen molar-refractivity contribution < 1.29 is 0 Å². The van der Waals surface area contributed by atoms with Crippen LogP contribution in [0, 0.1) is 11.3 Å². The van der Waals surface area contributed by atoms with Crippen LogP contribution in [0.25, 0.3) is 0 Å². The second kappa shape index (κ2) is 6.20. The summed E-state index contributed by atoms with van der Waals surface area (Å²) < 4.78 is 0. The summed E-state index contributed by atoms with van der Waals surface area (Å²) in [6.45, 7) is 11.2. The standard InChI is InChI=1S/C19H36N2/c1-4-18(9-5-6-10-18)14-21-15-19(11-7-8-12-19)20-13-17(21)16(2)3/h16-17,20H,4-15H2,1-3H3. The van der Waals surface area contributed by atoms with E-state index in [0.717, 1.165) is 12.0 Å². The van der Waals surface area contributed by atoms with Crippen LogP contribution in [0.1, 0.15) is 78.6 Å². The van der Waals surface area contributed by atoms with Crippen molar-refractivity contribution in [3.63, 3.8) is 0 Å². The van der Waals surface area contributed by atoms with Gasteiger partial charge in [0, 0.05) is 31.2 Å². The van der Waals surface area contributed by atoms with Gasteiger partial charge in [0.05, 0.1) is 0 Å². The third kappa shape index (κ3) is 3.17. The maximum absolute atomic E-state index is 3.97. The Morgan fingerprint density at radius 1 is 1.05 bits per heavy atom. The van der Waals surface area contributed by atoms with Gasteiger partial charge in [0.15, 0.2) is 0 Å². The highest BCUT2D eigenvalue weighted by Crippen LogP contribution is 2.43. The lowest BCUT2D eigenvalue weighted by Gasteiger charge is -2.50. The Morgan fingerprint density at radius 3 is 2.24 bits per heavy atom. The van der Waals surface area contributed by atoms with Crippen molar-refractivity contribution in [2.24, 2.45) is 11.3 Å². The molecule has 1 N–H and O–H groups in total. The van der Waals surface area contributed by atoms with Crippen LogP contribution in [0.15, 0.2) is 0 Å². The van der Waals surface area contributed by atoms with E-state index in [0.29, 0.717) is 11.0 Å². The molecular weight excluding hydrogens is 256 g/mol. The molecule has 3 aliphatic rings. The summed E-state index contributed by atoms with van der Waals surface area (Å²) in [6.07, 6.45) is 13.0. The van der Waals surface area contributed by atoms with E-state index in [4.69, 9.17) is 0 Å². The van der Waals surface area contributed by atoms with E-state index >= 15 is 0 Å². The van der Waals surface area contributed by atoms with Gasteiger partial charge in [0.1, 0.15) is 0 Å². The zero-order chi connectivity index (χ0) is 14.9. The number of piperazine rings is 1. The van der Waals surface area contributed by atoms with Crippen molar-refractivity contribution >= 4 is 0 Å². The Balaban J connectivity index is 1.74. The van der Waals surface area contributed by atoms with Crippen LogP contribution in [-0.4, -0.2) is 36.1 Å². The molecule has 0 radical (unpaired) electrons. The Bertz CT molecular complexity index is 337. The van der Waals surface area contributed by atoms with Crippen LogP contribution in [0.3, 0.4) is 0 Å². The number of nitrogens with zero attached hydrogens (tertiary/aromatic N) is 1. The fraction of sp³-hybridized carbons (Fsp3) is 1.00. The van der Waals surface area contributed by atoms with Gasteiger partial charge in [0.25, 0.3) is 0 Å². The molecule has 0 amide bonds. The van der Waals surface area contributed by atoms with Crippen molar-refractivity contribution in [3.05, 3.63) is 0 Å². The van der Waals surface area contributed by atoms with Crippen molar-refractivity contribution in [3.8, 4) is 0 Å². The summed E-state index contributed by atoms with van der Waals surface area (Å²) in [7, 11) is 0. The molecular formula is C19H36N2. The summed E-state index contributed by atoms with van der Waals surface area (Å²) in [5.41, 5.74) is 1.11. The van der Waals surface area contributed by atoms with E-state index in [1.165, 1.54) is 77.4 Å². The van der Waals surface area contributed by atoms with Crippen molar-refractivity contribution in [2.75, 3.05) is 19.6 Å². The zero-order valence-electron chi connectivity index (χ0n) is 14.6.